The Morgan fingerprint density at radius 1 is 1.16 bits per heavy atom. The molecule has 0 saturated carbocycles. The summed E-state index contributed by atoms with van der Waals surface area (Å²) in [7, 11) is 0. The number of likely N-dealkylation sites (tertiary alicyclic amines) is 1. The zero-order chi connectivity index (χ0) is 21.8. The van der Waals surface area contributed by atoms with E-state index in [4.69, 9.17) is 19.4 Å². The van der Waals surface area contributed by atoms with E-state index in [9.17, 15) is 9.59 Å². The number of carbonyl (C=O) groups excluding carboxylic acids is 1. The Bertz CT molecular complexity index is 974. The average molecular weight is 427 g/mol. The molecule has 0 bridgehead atoms. The minimum Gasteiger partial charge on any atom is -0.478 e. The number of carboxylic acid groups (broad SMARTS) is 1. The highest BCUT2D eigenvalue weighted by atomic mass is 16.5. The number of aromatic nitrogens is 3. The van der Waals surface area contributed by atoms with Crippen LogP contribution in [0.4, 0.5) is 5.95 Å². The van der Waals surface area contributed by atoms with Crippen LogP contribution in [0.25, 0.3) is 11.3 Å². The number of nitrogens with zero attached hydrogens (tertiary/aromatic N) is 5. The second-order valence-corrected chi connectivity index (χ2v) is 7.67. The molecule has 0 atom stereocenters. The van der Waals surface area contributed by atoms with Crippen molar-refractivity contribution in [2.24, 2.45) is 0 Å². The van der Waals surface area contributed by atoms with E-state index in [1.165, 1.54) is 0 Å². The maximum absolute atomic E-state index is 12.2. The lowest BCUT2D eigenvalue weighted by Gasteiger charge is -2.32. The second-order valence-electron chi connectivity index (χ2n) is 7.67. The molecule has 0 spiro atoms. The van der Waals surface area contributed by atoms with Gasteiger partial charge in [0.05, 0.1) is 30.2 Å². The lowest BCUT2D eigenvalue weighted by atomic mass is 9.90. The summed E-state index contributed by atoms with van der Waals surface area (Å²) >= 11 is 0. The first-order valence-corrected chi connectivity index (χ1v) is 10.3. The lowest BCUT2D eigenvalue weighted by molar-refractivity contribution is -0.132. The highest BCUT2D eigenvalue weighted by Gasteiger charge is 2.28. The Morgan fingerprint density at radius 3 is 2.55 bits per heavy atom. The van der Waals surface area contributed by atoms with Gasteiger partial charge < -0.3 is 24.2 Å². The van der Waals surface area contributed by atoms with Crippen molar-refractivity contribution in [3.8, 4) is 11.3 Å². The third-order valence-corrected chi connectivity index (χ3v) is 5.55. The molecule has 0 aliphatic carbocycles. The summed E-state index contributed by atoms with van der Waals surface area (Å²) in [5.74, 6) is -0.00343. The van der Waals surface area contributed by atoms with Crippen LogP contribution in [0.3, 0.4) is 0 Å². The summed E-state index contributed by atoms with van der Waals surface area (Å²) in [4.78, 5) is 36.1. The number of carboxylic acids is 1. The lowest BCUT2D eigenvalue weighted by Crippen LogP contribution is -2.38. The number of aryl methyl sites for hydroxylation is 1. The second kappa shape index (κ2) is 9.25. The van der Waals surface area contributed by atoms with Crippen molar-refractivity contribution in [2.45, 2.75) is 25.7 Å². The molecule has 4 heterocycles. The van der Waals surface area contributed by atoms with E-state index in [1.807, 2.05) is 13.0 Å². The fraction of sp³-hybridized carbons (Fsp3) is 0.476. The SMILES string of the molecule is Cc1cc(-c2cnc(N3CCOCC3)nc2C2CCN(C(=O)/C=C/C(=O)O)CC2)on1. The largest absolute Gasteiger partial charge is 0.478 e. The van der Waals surface area contributed by atoms with Crippen molar-refractivity contribution in [1.29, 1.82) is 0 Å². The van der Waals surface area contributed by atoms with Gasteiger partial charge in [0.2, 0.25) is 11.9 Å². The van der Waals surface area contributed by atoms with E-state index in [0.717, 1.165) is 42.2 Å². The molecule has 0 unspecified atom stereocenters. The van der Waals surface area contributed by atoms with Crippen molar-refractivity contribution in [1.82, 2.24) is 20.0 Å². The number of anilines is 1. The molecule has 1 amide bonds. The molecule has 2 aromatic heterocycles. The molecule has 1 N–H and O–H groups in total. The minimum atomic E-state index is -1.13. The van der Waals surface area contributed by atoms with E-state index in [1.54, 1.807) is 11.1 Å². The van der Waals surface area contributed by atoms with Crippen LogP contribution < -0.4 is 4.90 Å². The van der Waals surface area contributed by atoms with Crippen LogP contribution in [-0.4, -0.2) is 76.4 Å². The Kier molecular flexibility index (Phi) is 6.26. The Morgan fingerprint density at radius 2 is 1.90 bits per heavy atom. The Labute approximate surface area is 179 Å². The monoisotopic (exact) mass is 427 g/mol. The molecule has 2 aliphatic heterocycles. The number of carbonyl (C=O) groups is 2. The van der Waals surface area contributed by atoms with Crippen molar-refractivity contribution in [3.63, 3.8) is 0 Å². The number of aliphatic carboxylic acids is 1. The van der Waals surface area contributed by atoms with Crippen LogP contribution in [0, 0.1) is 6.92 Å². The predicted molar refractivity (Wildman–Crippen MR) is 111 cm³/mol. The number of ether oxygens (including phenoxy) is 1. The normalized spacial score (nSPS) is 18.0. The van der Waals surface area contributed by atoms with Crippen LogP contribution in [0.2, 0.25) is 0 Å². The molecular weight excluding hydrogens is 402 g/mol. The zero-order valence-electron chi connectivity index (χ0n) is 17.4. The van der Waals surface area contributed by atoms with Gasteiger partial charge in [-0.2, -0.15) is 0 Å². The van der Waals surface area contributed by atoms with Crippen molar-refractivity contribution < 1.29 is 24.0 Å². The highest BCUT2D eigenvalue weighted by molar-refractivity contribution is 5.93. The van der Waals surface area contributed by atoms with Gasteiger partial charge in [0.15, 0.2) is 5.76 Å². The van der Waals surface area contributed by atoms with E-state index >= 15 is 0 Å². The summed E-state index contributed by atoms with van der Waals surface area (Å²) in [6, 6.07) is 1.87. The topological polar surface area (TPSA) is 122 Å². The molecule has 2 aromatic rings. The molecule has 2 fully saturated rings. The van der Waals surface area contributed by atoms with Crippen LogP contribution in [0.15, 0.2) is 28.9 Å². The number of piperidine rings is 1. The number of hydrogen-bond donors (Lipinski definition) is 1. The fourth-order valence-corrected chi connectivity index (χ4v) is 3.91. The van der Waals surface area contributed by atoms with Gasteiger partial charge in [0, 0.05) is 56.5 Å². The molecule has 31 heavy (non-hydrogen) atoms. The van der Waals surface area contributed by atoms with Crippen molar-refractivity contribution >= 4 is 17.8 Å². The van der Waals surface area contributed by atoms with E-state index in [2.05, 4.69) is 15.0 Å². The van der Waals surface area contributed by atoms with Gasteiger partial charge in [-0.1, -0.05) is 5.16 Å². The number of morpholine rings is 1. The van der Waals surface area contributed by atoms with Crippen LogP contribution in [0.1, 0.15) is 30.1 Å². The van der Waals surface area contributed by atoms with Crippen LogP contribution in [0.5, 0.6) is 0 Å². The first-order chi connectivity index (χ1) is 15.0. The van der Waals surface area contributed by atoms with Gasteiger partial charge in [-0.05, 0) is 19.8 Å². The minimum absolute atomic E-state index is 0.121. The van der Waals surface area contributed by atoms with Crippen molar-refractivity contribution in [3.05, 3.63) is 35.8 Å². The molecule has 10 heteroatoms. The smallest absolute Gasteiger partial charge is 0.328 e. The molecule has 10 nitrogen and oxygen atoms in total. The number of hydrogen-bond acceptors (Lipinski definition) is 8. The third kappa shape index (κ3) is 4.91. The molecule has 0 radical (unpaired) electrons. The van der Waals surface area contributed by atoms with Crippen molar-refractivity contribution in [2.75, 3.05) is 44.3 Å². The molecule has 0 aromatic carbocycles. The van der Waals surface area contributed by atoms with Gasteiger partial charge in [0.1, 0.15) is 0 Å². The molecule has 2 aliphatic rings. The number of amides is 1. The van der Waals surface area contributed by atoms with Gasteiger partial charge in [-0.3, -0.25) is 4.79 Å². The zero-order valence-corrected chi connectivity index (χ0v) is 17.4. The van der Waals surface area contributed by atoms with Gasteiger partial charge >= 0.3 is 5.97 Å². The number of rotatable bonds is 5. The summed E-state index contributed by atoms with van der Waals surface area (Å²) < 4.78 is 10.9. The fourth-order valence-electron chi connectivity index (χ4n) is 3.91. The molecule has 4 rings (SSSR count). The first-order valence-electron chi connectivity index (χ1n) is 10.3. The van der Waals surface area contributed by atoms with E-state index < -0.39 is 5.97 Å². The third-order valence-electron chi connectivity index (χ3n) is 5.55. The van der Waals surface area contributed by atoms with Gasteiger partial charge in [0.25, 0.3) is 0 Å². The average Bonchev–Trinajstić information content (AvgIpc) is 3.24. The van der Waals surface area contributed by atoms with Crippen LogP contribution >= 0.6 is 0 Å². The highest BCUT2D eigenvalue weighted by Crippen LogP contribution is 2.35. The van der Waals surface area contributed by atoms with E-state index in [0.29, 0.717) is 50.9 Å². The molecule has 164 valence electrons. The van der Waals surface area contributed by atoms with Gasteiger partial charge in [-0.15, -0.1) is 0 Å². The Balaban J connectivity index is 1.57. The van der Waals surface area contributed by atoms with E-state index in [-0.39, 0.29) is 11.8 Å². The van der Waals surface area contributed by atoms with Crippen LogP contribution in [-0.2, 0) is 14.3 Å². The Hall–Kier alpha value is -3.27. The van der Waals surface area contributed by atoms with Gasteiger partial charge in [-0.25, -0.2) is 14.8 Å². The molecular formula is C21H25N5O5. The summed E-state index contributed by atoms with van der Waals surface area (Å²) in [5, 5.41) is 12.7. The summed E-state index contributed by atoms with van der Waals surface area (Å²) in [5.41, 5.74) is 2.48. The first kappa shape index (κ1) is 21.0. The quantitative estimate of drug-likeness (QED) is 0.709. The summed E-state index contributed by atoms with van der Waals surface area (Å²) in [6.07, 6.45) is 5.20. The molecule has 2 saturated heterocycles. The predicted octanol–water partition coefficient (Wildman–Crippen LogP) is 1.62. The maximum atomic E-state index is 12.2. The standard InChI is InChI=1S/C21H25N5O5/c1-14-12-17(31-24-14)16-13-22-21(26-8-10-30-11-9-26)23-20(16)15-4-6-25(7-5-15)18(27)2-3-19(28)29/h2-3,12-13,15H,4-11H2,1H3,(H,28,29)/b3-2+. The maximum Gasteiger partial charge on any atom is 0.328 e. The summed E-state index contributed by atoms with van der Waals surface area (Å²) in [6.45, 7) is 5.69.